The topological polar surface area (TPSA) is 51.5 Å². The summed E-state index contributed by atoms with van der Waals surface area (Å²) in [6.07, 6.45) is 0. The molecule has 5 aromatic carbocycles. The maximum atomic E-state index is 13.4. The lowest BCUT2D eigenvalue weighted by molar-refractivity contribution is 0.0519. The van der Waals surface area contributed by atoms with Crippen LogP contribution in [0.25, 0.3) is 10.8 Å². The molecule has 1 aliphatic heterocycles. The van der Waals surface area contributed by atoms with Gasteiger partial charge in [-0.15, -0.1) is 0 Å². The van der Waals surface area contributed by atoms with Gasteiger partial charge in [0.1, 0.15) is 11.1 Å². The van der Waals surface area contributed by atoms with Gasteiger partial charge in [-0.2, -0.15) is 0 Å². The third-order valence-electron chi connectivity index (χ3n) is 8.61. The second kappa shape index (κ2) is 11.4. The number of nitrogens with zero attached hydrogens (tertiary/aromatic N) is 2. The summed E-state index contributed by atoms with van der Waals surface area (Å²) >= 11 is 0. The number of aliphatic imine (C=N–C) groups is 1. The van der Waals surface area contributed by atoms with Crippen LogP contribution >= 0.6 is 0 Å². The molecular formula is C40H32N2O2. The highest BCUT2D eigenvalue weighted by molar-refractivity contribution is 6.16. The van der Waals surface area contributed by atoms with Crippen molar-refractivity contribution in [1.29, 1.82) is 0 Å². The molecule has 0 N–H and O–H groups in total. The van der Waals surface area contributed by atoms with E-state index in [0.29, 0.717) is 5.69 Å². The number of hydrogen-bond acceptors (Lipinski definition) is 4. The lowest BCUT2D eigenvalue weighted by Crippen LogP contribution is -2.44. The molecule has 6 aromatic rings. The molecule has 214 valence electrons. The standard InChI is InChI=1S/C40H32N2O2/c1-3-44-39(43)34-26-32-27(2)24-25-33-36(32)38(42-34)40(30-20-12-6-13-21-30,31-22-14-7-15-23-31)37(41-33)35(28-16-8-4-9-17-28)29-18-10-5-11-19-29/h4-26,35H,3H2,1-2H3. The van der Waals surface area contributed by atoms with E-state index in [4.69, 9.17) is 14.7 Å². The Kier molecular flexibility index (Phi) is 7.11. The fourth-order valence-corrected chi connectivity index (χ4v) is 6.69. The summed E-state index contributed by atoms with van der Waals surface area (Å²) in [4.78, 5) is 24.3. The van der Waals surface area contributed by atoms with Crippen molar-refractivity contribution in [2.24, 2.45) is 4.99 Å². The molecule has 4 nitrogen and oxygen atoms in total. The first-order valence-corrected chi connectivity index (χ1v) is 15.0. The number of benzene rings is 5. The lowest BCUT2D eigenvalue weighted by atomic mass is 9.61. The van der Waals surface area contributed by atoms with E-state index in [2.05, 4.69) is 116 Å². The molecule has 2 heterocycles. The van der Waals surface area contributed by atoms with Crippen molar-refractivity contribution in [3.8, 4) is 0 Å². The van der Waals surface area contributed by atoms with Gasteiger partial charge < -0.3 is 4.74 Å². The molecule has 0 saturated heterocycles. The van der Waals surface area contributed by atoms with Crippen LogP contribution in [0.3, 0.4) is 0 Å². The minimum absolute atomic E-state index is 0.213. The highest BCUT2D eigenvalue weighted by Crippen LogP contribution is 2.52. The number of pyridine rings is 1. The number of rotatable bonds is 7. The third-order valence-corrected chi connectivity index (χ3v) is 8.61. The van der Waals surface area contributed by atoms with Gasteiger partial charge in [0.15, 0.2) is 0 Å². The van der Waals surface area contributed by atoms with Crippen molar-refractivity contribution in [2.45, 2.75) is 25.2 Å². The molecule has 0 saturated carbocycles. The van der Waals surface area contributed by atoms with Gasteiger partial charge in [0.25, 0.3) is 0 Å². The van der Waals surface area contributed by atoms with Gasteiger partial charge >= 0.3 is 5.97 Å². The number of carbonyl (C=O) groups is 1. The third kappa shape index (κ3) is 4.42. The fourth-order valence-electron chi connectivity index (χ4n) is 6.69. The van der Waals surface area contributed by atoms with Crippen LogP contribution in [0.15, 0.2) is 145 Å². The molecular weight excluding hydrogens is 540 g/mol. The summed E-state index contributed by atoms with van der Waals surface area (Å²) in [5.74, 6) is -0.646. The molecule has 0 atom stereocenters. The minimum Gasteiger partial charge on any atom is -0.461 e. The van der Waals surface area contributed by atoms with E-state index in [-0.39, 0.29) is 12.5 Å². The van der Waals surface area contributed by atoms with Gasteiger partial charge in [-0.3, -0.25) is 4.99 Å². The number of hydrogen-bond donors (Lipinski definition) is 0. The molecule has 0 amide bonds. The Hall–Kier alpha value is -5.35. The van der Waals surface area contributed by atoms with Crippen molar-refractivity contribution in [2.75, 3.05) is 6.61 Å². The number of aromatic nitrogens is 1. The molecule has 1 aromatic heterocycles. The Morgan fingerprint density at radius 3 is 1.77 bits per heavy atom. The normalized spacial score (nSPS) is 13.5. The average molecular weight is 573 g/mol. The summed E-state index contributed by atoms with van der Waals surface area (Å²) in [5.41, 5.74) is 7.29. The van der Waals surface area contributed by atoms with Crippen LogP contribution in [0, 0.1) is 6.92 Å². The highest BCUT2D eigenvalue weighted by Gasteiger charge is 2.50. The molecule has 4 heteroatoms. The van der Waals surface area contributed by atoms with E-state index in [1.165, 1.54) is 0 Å². The molecule has 1 aliphatic rings. The SMILES string of the molecule is CCOC(=O)c1cc2c(C)ccc3c2c(n1)C(c1ccccc1)(c1ccccc1)C(C(c1ccccc1)c1ccccc1)=N3. The molecule has 0 spiro atoms. The Labute approximate surface area is 257 Å². The summed E-state index contributed by atoms with van der Waals surface area (Å²) < 4.78 is 5.53. The predicted molar refractivity (Wildman–Crippen MR) is 177 cm³/mol. The molecule has 44 heavy (non-hydrogen) atoms. The Morgan fingerprint density at radius 1 is 0.727 bits per heavy atom. The number of ether oxygens (including phenoxy) is 1. The van der Waals surface area contributed by atoms with Crippen LogP contribution in [0.4, 0.5) is 5.69 Å². The molecule has 0 bridgehead atoms. The fraction of sp³-hybridized carbons (Fsp3) is 0.125. The maximum absolute atomic E-state index is 13.4. The largest absolute Gasteiger partial charge is 0.461 e. The van der Waals surface area contributed by atoms with Crippen LogP contribution in [-0.4, -0.2) is 23.3 Å². The first-order chi connectivity index (χ1) is 21.6. The van der Waals surface area contributed by atoms with Crippen LogP contribution in [-0.2, 0) is 10.2 Å². The summed E-state index contributed by atoms with van der Waals surface area (Å²) in [7, 11) is 0. The minimum atomic E-state index is -0.930. The van der Waals surface area contributed by atoms with Crippen molar-refractivity contribution in [1.82, 2.24) is 4.98 Å². The van der Waals surface area contributed by atoms with Crippen LogP contribution < -0.4 is 0 Å². The zero-order valence-electron chi connectivity index (χ0n) is 24.8. The zero-order chi connectivity index (χ0) is 30.1. The van der Waals surface area contributed by atoms with E-state index in [1.807, 2.05) is 37.3 Å². The van der Waals surface area contributed by atoms with Crippen molar-refractivity contribution in [3.63, 3.8) is 0 Å². The molecule has 0 radical (unpaired) electrons. The summed E-state index contributed by atoms with van der Waals surface area (Å²) in [5, 5.41) is 1.90. The maximum Gasteiger partial charge on any atom is 0.356 e. The van der Waals surface area contributed by atoms with E-state index in [9.17, 15) is 4.79 Å². The molecule has 0 aliphatic carbocycles. The lowest BCUT2D eigenvalue weighted by Gasteiger charge is -2.42. The predicted octanol–water partition coefficient (Wildman–Crippen LogP) is 8.97. The van der Waals surface area contributed by atoms with Crippen molar-refractivity contribution >= 4 is 28.1 Å². The molecule has 0 unspecified atom stereocenters. The van der Waals surface area contributed by atoms with Crippen LogP contribution in [0.5, 0.6) is 0 Å². The van der Waals surface area contributed by atoms with Gasteiger partial charge in [-0.25, -0.2) is 9.78 Å². The summed E-state index contributed by atoms with van der Waals surface area (Å²) in [6.45, 7) is 4.16. The van der Waals surface area contributed by atoms with E-state index in [1.54, 1.807) is 0 Å². The van der Waals surface area contributed by atoms with Gasteiger partial charge in [0.05, 0.1) is 23.7 Å². The van der Waals surface area contributed by atoms with Gasteiger partial charge in [0.2, 0.25) is 0 Å². The van der Waals surface area contributed by atoms with Crippen LogP contribution in [0.1, 0.15) is 56.8 Å². The number of aryl methyl sites for hydroxylation is 1. The highest BCUT2D eigenvalue weighted by atomic mass is 16.5. The summed E-state index contributed by atoms with van der Waals surface area (Å²) in [6, 6.07) is 48.1. The van der Waals surface area contributed by atoms with E-state index in [0.717, 1.165) is 55.7 Å². The van der Waals surface area contributed by atoms with Crippen LogP contribution in [0.2, 0.25) is 0 Å². The number of esters is 1. The zero-order valence-corrected chi connectivity index (χ0v) is 24.8. The van der Waals surface area contributed by atoms with Gasteiger partial charge in [-0.05, 0) is 59.2 Å². The number of carbonyl (C=O) groups excluding carboxylic acids is 1. The smallest absolute Gasteiger partial charge is 0.356 e. The quantitative estimate of drug-likeness (QED) is 0.179. The Bertz CT molecular complexity index is 1910. The van der Waals surface area contributed by atoms with Crippen molar-refractivity contribution in [3.05, 3.63) is 179 Å². The second-order valence-electron chi connectivity index (χ2n) is 11.1. The molecule has 0 fully saturated rings. The Balaban J connectivity index is 1.69. The van der Waals surface area contributed by atoms with Gasteiger partial charge in [-0.1, -0.05) is 127 Å². The van der Waals surface area contributed by atoms with Crippen molar-refractivity contribution < 1.29 is 9.53 Å². The first-order valence-electron chi connectivity index (χ1n) is 15.0. The Morgan fingerprint density at radius 2 is 1.25 bits per heavy atom. The molecule has 7 rings (SSSR count). The first kappa shape index (κ1) is 27.5. The average Bonchev–Trinajstić information content (AvgIpc) is 3.08. The second-order valence-corrected chi connectivity index (χ2v) is 11.1. The van der Waals surface area contributed by atoms with E-state index < -0.39 is 11.4 Å². The van der Waals surface area contributed by atoms with Gasteiger partial charge in [0, 0.05) is 11.3 Å². The van der Waals surface area contributed by atoms with E-state index >= 15 is 0 Å². The monoisotopic (exact) mass is 572 g/mol.